The monoisotopic (exact) mass is 432 g/mol. The Morgan fingerprint density at radius 1 is 1.03 bits per heavy atom. The van der Waals surface area contributed by atoms with Gasteiger partial charge in [-0.3, -0.25) is 4.79 Å². The smallest absolute Gasteiger partial charge is 0.138 e. The maximum Gasteiger partial charge on any atom is 0.138 e. The Balaban J connectivity index is 0.00000166. The van der Waals surface area contributed by atoms with Crippen LogP contribution >= 0.6 is 0 Å². The topological polar surface area (TPSA) is 94.5 Å². The zero-order chi connectivity index (χ0) is 22.8. The normalized spacial score (nSPS) is 18.1. The van der Waals surface area contributed by atoms with Gasteiger partial charge in [0.2, 0.25) is 0 Å². The number of aliphatic hydroxyl groups is 2. The maximum atomic E-state index is 12.1. The van der Waals surface area contributed by atoms with Crippen LogP contribution in [0.4, 0.5) is 0 Å². The third-order valence-electron chi connectivity index (χ3n) is 5.04. The van der Waals surface area contributed by atoms with Gasteiger partial charge in [0, 0.05) is 38.0 Å². The van der Waals surface area contributed by atoms with Crippen LogP contribution in [0.2, 0.25) is 0 Å². The zero-order valence-corrected chi connectivity index (χ0v) is 18.6. The highest BCUT2D eigenvalue weighted by atomic mass is 16.5. The molecule has 0 aliphatic carbocycles. The third-order valence-corrected chi connectivity index (χ3v) is 5.04. The minimum absolute atomic E-state index is 0.0752. The fraction of sp³-hybridized carbons (Fsp3) is 0.458. The molecule has 0 saturated carbocycles. The molecule has 170 valence electrons. The lowest BCUT2D eigenvalue weighted by atomic mass is 9.93. The molecule has 0 amide bonds. The molecule has 2 unspecified atom stereocenters. The van der Waals surface area contributed by atoms with E-state index in [0.29, 0.717) is 24.5 Å². The number of aliphatic hydroxyl groups excluding tert-OH is 2. The largest absolute Gasteiger partial charge is 0.496 e. The van der Waals surface area contributed by atoms with Crippen LogP contribution in [-0.4, -0.2) is 56.6 Å². The Hall–Kier alpha value is -2.61. The second kappa shape index (κ2) is 12.3. The first kappa shape index (κ1) is 24.7. The van der Waals surface area contributed by atoms with Crippen molar-refractivity contribution in [2.45, 2.75) is 38.4 Å². The standard InChI is InChI=1S/C23H28O6.CH4O/c1-4-28-18-7-5-15(6-8-18)9-16-10-20(22(27-3)13-21(16)26-2)23-12-17(25)11-19(14-24)29-23;1-2/h5-8,10,13,19,23-24H,4,9,11-12,14H2,1-3H3;2H,1H3. The lowest BCUT2D eigenvalue weighted by molar-refractivity contribution is -0.139. The molecule has 1 fully saturated rings. The number of methoxy groups -OCH3 is 2. The molecule has 2 atom stereocenters. The van der Waals surface area contributed by atoms with E-state index in [1.807, 2.05) is 43.3 Å². The molecule has 1 aliphatic rings. The highest BCUT2D eigenvalue weighted by Crippen LogP contribution is 2.39. The van der Waals surface area contributed by atoms with Crippen LogP contribution in [0, 0.1) is 0 Å². The van der Waals surface area contributed by atoms with Crippen LogP contribution in [0.25, 0.3) is 0 Å². The van der Waals surface area contributed by atoms with E-state index in [-0.39, 0.29) is 25.2 Å². The van der Waals surface area contributed by atoms with Crippen molar-refractivity contribution >= 4 is 5.78 Å². The Kier molecular flexibility index (Phi) is 9.78. The number of carbonyl (C=O) groups excluding carboxylic acids is 1. The van der Waals surface area contributed by atoms with E-state index in [1.54, 1.807) is 14.2 Å². The Labute approximate surface area is 183 Å². The SMILES string of the molecule is CCOc1ccc(Cc2cc(C3CC(=O)CC(CO)O3)c(OC)cc2OC)cc1.CO. The number of benzene rings is 2. The number of ether oxygens (including phenoxy) is 4. The number of hydrogen-bond acceptors (Lipinski definition) is 7. The molecule has 3 rings (SSSR count). The molecule has 0 radical (unpaired) electrons. The van der Waals surface area contributed by atoms with Gasteiger partial charge in [-0.15, -0.1) is 0 Å². The van der Waals surface area contributed by atoms with Gasteiger partial charge < -0.3 is 29.2 Å². The maximum absolute atomic E-state index is 12.1. The van der Waals surface area contributed by atoms with Crippen molar-refractivity contribution in [3.63, 3.8) is 0 Å². The fourth-order valence-electron chi connectivity index (χ4n) is 3.64. The van der Waals surface area contributed by atoms with Crippen molar-refractivity contribution in [3.05, 3.63) is 53.1 Å². The summed E-state index contributed by atoms with van der Waals surface area (Å²) in [5.41, 5.74) is 2.87. The highest BCUT2D eigenvalue weighted by Gasteiger charge is 2.31. The molecule has 2 N–H and O–H groups in total. The van der Waals surface area contributed by atoms with Gasteiger partial charge in [-0.05, 0) is 36.2 Å². The predicted octanol–water partition coefficient (Wildman–Crippen LogP) is 3.08. The van der Waals surface area contributed by atoms with Crippen LogP contribution in [0.3, 0.4) is 0 Å². The Morgan fingerprint density at radius 2 is 1.71 bits per heavy atom. The van der Waals surface area contributed by atoms with Gasteiger partial charge in [-0.25, -0.2) is 0 Å². The lowest BCUT2D eigenvalue weighted by Crippen LogP contribution is -2.31. The summed E-state index contributed by atoms with van der Waals surface area (Å²) in [6, 6.07) is 11.8. The summed E-state index contributed by atoms with van der Waals surface area (Å²) in [5.74, 6) is 2.23. The van der Waals surface area contributed by atoms with Crippen molar-refractivity contribution in [2.24, 2.45) is 0 Å². The number of rotatable bonds is 8. The van der Waals surface area contributed by atoms with E-state index < -0.39 is 12.2 Å². The minimum Gasteiger partial charge on any atom is -0.496 e. The number of hydrogen-bond donors (Lipinski definition) is 2. The summed E-state index contributed by atoms with van der Waals surface area (Å²) in [5, 5.41) is 16.5. The molecule has 7 nitrogen and oxygen atoms in total. The van der Waals surface area contributed by atoms with Crippen molar-refractivity contribution < 1.29 is 34.0 Å². The molecule has 31 heavy (non-hydrogen) atoms. The molecule has 1 aliphatic heterocycles. The summed E-state index contributed by atoms with van der Waals surface area (Å²) in [6.45, 7) is 2.40. The quantitative estimate of drug-likeness (QED) is 0.662. The van der Waals surface area contributed by atoms with Gasteiger partial charge in [-0.1, -0.05) is 12.1 Å². The van der Waals surface area contributed by atoms with Gasteiger partial charge >= 0.3 is 0 Å². The second-order valence-corrected chi connectivity index (χ2v) is 7.04. The average molecular weight is 433 g/mol. The first-order valence-corrected chi connectivity index (χ1v) is 10.3. The van der Waals surface area contributed by atoms with E-state index in [1.165, 1.54) is 0 Å². The fourth-order valence-corrected chi connectivity index (χ4v) is 3.64. The third kappa shape index (κ3) is 6.43. The number of carbonyl (C=O) groups is 1. The van der Waals surface area contributed by atoms with Gasteiger partial charge in [0.15, 0.2) is 0 Å². The molecular formula is C24H32O7. The molecule has 7 heteroatoms. The molecule has 1 saturated heterocycles. The first-order valence-electron chi connectivity index (χ1n) is 10.3. The Morgan fingerprint density at radius 3 is 2.29 bits per heavy atom. The zero-order valence-electron chi connectivity index (χ0n) is 18.6. The molecular weight excluding hydrogens is 400 g/mol. The molecule has 0 spiro atoms. The van der Waals surface area contributed by atoms with Gasteiger partial charge in [0.05, 0.1) is 39.6 Å². The van der Waals surface area contributed by atoms with Crippen LogP contribution < -0.4 is 14.2 Å². The van der Waals surface area contributed by atoms with Gasteiger partial charge in [-0.2, -0.15) is 0 Å². The van der Waals surface area contributed by atoms with Crippen LogP contribution in [0.1, 0.15) is 42.6 Å². The van der Waals surface area contributed by atoms with Gasteiger partial charge in [0.1, 0.15) is 23.0 Å². The van der Waals surface area contributed by atoms with E-state index in [4.69, 9.17) is 24.1 Å². The summed E-state index contributed by atoms with van der Waals surface area (Å²) >= 11 is 0. The van der Waals surface area contributed by atoms with E-state index >= 15 is 0 Å². The van der Waals surface area contributed by atoms with Crippen LogP contribution in [0.5, 0.6) is 17.2 Å². The number of Topliss-reactive ketones (excluding diaryl/α,β-unsaturated/α-hetero) is 1. The van der Waals surface area contributed by atoms with Crippen LogP contribution in [-0.2, 0) is 16.0 Å². The molecule has 0 aromatic heterocycles. The second-order valence-electron chi connectivity index (χ2n) is 7.04. The lowest BCUT2D eigenvalue weighted by Gasteiger charge is -2.30. The summed E-state index contributed by atoms with van der Waals surface area (Å²) < 4.78 is 22.6. The van der Waals surface area contributed by atoms with Crippen molar-refractivity contribution in [3.8, 4) is 17.2 Å². The first-order chi connectivity index (χ1) is 15.1. The molecule has 0 bridgehead atoms. The molecule has 1 heterocycles. The number of ketones is 1. The van der Waals surface area contributed by atoms with Crippen LogP contribution in [0.15, 0.2) is 36.4 Å². The molecule has 2 aromatic carbocycles. The van der Waals surface area contributed by atoms with Crippen molar-refractivity contribution in [1.82, 2.24) is 0 Å². The summed E-state index contributed by atoms with van der Waals surface area (Å²) in [7, 11) is 4.21. The van der Waals surface area contributed by atoms with E-state index in [0.717, 1.165) is 29.5 Å². The van der Waals surface area contributed by atoms with Crippen molar-refractivity contribution in [2.75, 3.05) is 34.5 Å². The Bertz CT molecular complexity index is 833. The van der Waals surface area contributed by atoms with Gasteiger partial charge in [0.25, 0.3) is 0 Å². The summed E-state index contributed by atoms with van der Waals surface area (Å²) in [4.78, 5) is 12.1. The van der Waals surface area contributed by atoms with E-state index in [9.17, 15) is 9.90 Å². The summed E-state index contributed by atoms with van der Waals surface area (Å²) in [6.07, 6.45) is 0.221. The predicted molar refractivity (Wildman–Crippen MR) is 117 cm³/mol. The minimum atomic E-state index is -0.484. The highest BCUT2D eigenvalue weighted by molar-refractivity contribution is 5.80. The average Bonchev–Trinajstić information content (AvgIpc) is 2.81. The van der Waals surface area contributed by atoms with Crippen molar-refractivity contribution in [1.29, 1.82) is 0 Å². The molecule has 2 aromatic rings. The van der Waals surface area contributed by atoms with E-state index in [2.05, 4.69) is 0 Å².